The van der Waals surface area contributed by atoms with Gasteiger partial charge in [-0.2, -0.15) is 0 Å². The summed E-state index contributed by atoms with van der Waals surface area (Å²) in [5.74, 6) is 0.0766. The first-order valence-electron chi connectivity index (χ1n) is 12.0. The smallest absolute Gasteiger partial charge is 0.410 e. The Kier molecular flexibility index (Phi) is 8.75. The number of ether oxygens (including phenoxy) is 3. The number of pyridine rings is 1. The lowest BCUT2D eigenvalue weighted by molar-refractivity contribution is -0.126. The van der Waals surface area contributed by atoms with E-state index in [2.05, 4.69) is 31.4 Å². The largest absolute Gasteiger partial charge is 0.443 e. The number of hydrogen-bond acceptors (Lipinski definition) is 8. The molecule has 1 aliphatic rings. The average molecular weight is 575 g/mol. The van der Waals surface area contributed by atoms with Crippen molar-refractivity contribution in [1.29, 1.82) is 0 Å². The Morgan fingerprint density at radius 1 is 1.14 bits per heavy atom. The SMILES string of the molecule is CC(C)(N)C(=O)N[C@H](COCc1ccccc1Br)c1nnc2cccc(COC(=O)N3CCOCC3)n12. The van der Waals surface area contributed by atoms with E-state index >= 15 is 0 Å². The molecule has 0 bridgehead atoms. The molecule has 1 aromatic carbocycles. The van der Waals surface area contributed by atoms with Gasteiger partial charge in [0.2, 0.25) is 5.91 Å². The summed E-state index contributed by atoms with van der Waals surface area (Å²) in [6.45, 7) is 5.63. The zero-order chi connectivity index (χ0) is 26.4. The van der Waals surface area contributed by atoms with Crippen LogP contribution in [0.25, 0.3) is 5.65 Å². The van der Waals surface area contributed by atoms with Crippen molar-refractivity contribution in [1.82, 2.24) is 24.8 Å². The number of nitrogens with two attached hydrogens (primary N) is 1. The van der Waals surface area contributed by atoms with Gasteiger partial charge < -0.3 is 30.2 Å². The molecule has 3 N–H and O–H groups in total. The van der Waals surface area contributed by atoms with Crippen molar-refractivity contribution in [2.75, 3.05) is 32.9 Å². The van der Waals surface area contributed by atoms with Crippen molar-refractivity contribution in [2.24, 2.45) is 5.73 Å². The number of hydrogen-bond donors (Lipinski definition) is 2. The lowest BCUT2D eigenvalue weighted by Crippen LogP contribution is -2.51. The normalized spacial score (nSPS) is 15.0. The van der Waals surface area contributed by atoms with Crippen LogP contribution in [0.4, 0.5) is 4.79 Å². The van der Waals surface area contributed by atoms with Crippen LogP contribution in [-0.2, 0) is 32.2 Å². The molecule has 0 aliphatic carbocycles. The third-order valence-corrected chi connectivity index (χ3v) is 6.62. The minimum atomic E-state index is -1.11. The topological polar surface area (TPSA) is 133 Å². The molecule has 12 heteroatoms. The summed E-state index contributed by atoms with van der Waals surface area (Å²) < 4.78 is 19.6. The van der Waals surface area contributed by atoms with E-state index in [4.69, 9.17) is 19.9 Å². The summed E-state index contributed by atoms with van der Waals surface area (Å²) in [6.07, 6.45) is -0.415. The van der Waals surface area contributed by atoms with Crippen molar-refractivity contribution >= 4 is 33.6 Å². The molecule has 0 unspecified atom stereocenters. The maximum Gasteiger partial charge on any atom is 0.410 e. The molecular formula is C25H31BrN6O5. The Labute approximate surface area is 223 Å². The van der Waals surface area contributed by atoms with Gasteiger partial charge in [-0.05, 0) is 37.6 Å². The number of nitrogens with zero attached hydrogens (tertiary/aromatic N) is 4. The zero-order valence-corrected chi connectivity index (χ0v) is 22.4. The first-order valence-corrected chi connectivity index (χ1v) is 12.8. The van der Waals surface area contributed by atoms with Gasteiger partial charge in [0.05, 0.1) is 37.7 Å². The van der Waals surface area contributed by atoms with Crippen LogP contribution in [0.5, 0.6) is 0 Å². The summed E-state index contributed by atoms with van der Waals surface area (Å²) in [4.78, 5) is 27.0. The second-order valence-electron chi connectivity index (χ2n) is 9.28. The van der Waals surface area contributed by atoms with Crippen molar-refractivity contribution in [3.63, 3.8) is 0 Å². The lowest BCUT2D eigenvalue weighted by atomic mass is 10.1. The maximum absolute atomic E-state index is 12.8. The van der Waals surface area contributed by atoms with Gasteiger partial charge in [-0.1, -0.05) is 40.2 Å². The number of carbonyl (C=O) groups is 2. The van der Waals surface area contributed by atoms with E-state index in [1.165, 1.54) is 0 Å². The molecule has 0 saturated carbocycles. The van der Waals surface area contributed by atoms with E-state index in [1.807, 2.05) is 36.4 Å². The maximum atomic E-state index is 12.8. The Hall–Kier alpha value is -3.06. The molecular weight excluding hydrogens is 544 g/mol. The van der Waals surface area contributed by atoms with E-state index in [0.29, 0.717) is 50.1 Å². The van der Waals surface area contributed by atoms with Crippen LogP contribution in [0.3, 0.4) is 0 Å². The highest BCUT2D eigenvalue weighted by molar-refractivity contribution is 9.10. The van der Waals surface area contributed by atoms with E-state index in [-0.39, 0.29) is 19.1 Å². The molecule has 37 heavy (non-hydrogen) atoms. The van der Waals surface area contributed by atoms with Gasteiger partial charge in [0.15, 0.2) is 11.5 Å². The van der Waals surface area contributed by atoms with E-state index in [0.717, 1.165) is 10.0 Å². The van der Waals surface area contributed by atoms with Crippen LogP contribution < -0.4 is 11.1 Å². The number of amides is 2. The first kappa shape index (κ1) is 27.0. The molecule has 0 spiro atoms. The molecule has 11 nitrogen and oxygen atoms in total. The molecule has 2 aromatic heterocycles. The minimum Gasteiger partial charge on any atom is -0.443 e. The van der Waals surface area contributed by atoms with Crippen LogP contribution in [-0.4, -0.2) is 69.9 Å². The van der Waals surface area contributed by atoms with Gasteiger partial charge in [0.25, 0.3) is 0 Å². The fourth-order valence-electron chi connectivity index (χ4n) is 3.77. The third-order valence-electron chi connectivity index (χ3n) is 5.85. The summed E-state index contributed by atoms with van der Waals surface area (Å²) >= 11 is 3.52. The second-order valence-corrected chi connectivity index (χ2v) is 10.1. The number of fused-ring (bicyclic) bond motifs is 1. The summed E-state index contributed by atoms with van der Waals surface area (Å²) in [5, 5.41) is 11.6. The van der Waals surface area contributed by atoms with Crippen LogP contribution >= 0.6 is 15.9 Å². The molecule has 1 saturated heterocycles. The Morgan fingerprint density at radius 2 is 1.89 bits per heavy atom. The Morgan fingerprint density at radius 3 is 2.62 bits per heavy atom. The van der Waals surface area contributed by atoms with Gasteiger partial charge >= 0.3 is 6.09 Å². The molecule has 198 valence electrons. The van der Waals surface area contributed by atoms with Gasteiger partial charge in [-0.15, -0.1) is 10.2 Å². The lowest BCUT2D eigenvalue weighted by Gasteiger charge is -2.26. The highest BCUT2D eigenvalue weighted by Gasteiger charge is 2.29. The fourth-order valence-corrected chi connectivity index (χ4v) is 4.17. The highest BCUT2D eigenvalue weighted by atomic mass is 79.9. The van der Waals surface area contributed by atoms with Gasteiger partial charge in [-0.3, -0.25) is 9.20 Å². The number of morpholine rings is 1. The quantitative estimate of drug-likeness (QED) is 0.398. The monoisotopic (exact) mass is 574 g/mol. The molecule has 1 fully saturated rings. The number of benzene rings is 1. The van der Waals surface area contributed by atoms with Crippen LogP contribution in [0.1, 0.15) is 37.0 Å². The predicted octanol–water partition coefficient (Wildman–Crippen LogP) is 2.57. The zero-order valence-electron chi connectivity index (χ0n) is 20.9. The van der Waals surface area contributed by atoms with Crippen molar-refractivity contribution in [2.45, 2.75) is 38.6 Å². The number of carbonyl (C=O) groups excluding carboxylic acids is 2. The number of nitrogens with one attached hydrogen (secondary N) is 1. The minimum absolute atomic E-state index is 0.000557. The molecule has 1 atom stereocenters. The number of halogens is 1. The fraction of sp³-hybridized carbons (Fsp3) is 0.440. The van der Waals surface area contributed by atoms with E-state index < -0.39 is 17.7 Å². The van der Waals surface area contributed by atoms with E-state index in [1.54, 1.807) is 29.2 Å². The predicted molar refractivity (Wildman–Crippen MR) is 139 cm³/mol. The molecule has 1 aliphatic heterocycles. The summed E-state index contributed by atoms with van der Waals surface area (Å²) in [5.41, 5.74) is 7.09. The molecule has 3 heterocycles. The number of rotatable bonds is 9. The Bertz CT molecular complexity index is 1240. The Balaban J connectivity index is 1.56. The molecule has 3 aromatic rings. The summed E-state index contributed by atoms with van der Waals surface area (Å²) in [7, 11) is 0. The molecule has 2 amide bonds. The number of aromatic nitrogens is 3. The van der Waals surface area contributed by atoms with Crippen molar-refractivity contribution in [3.05, 3.63) is 64.0 Å². The highest BCUT2D eigenvalue weighted by Crippen LogP contribution is 2.21. The van der Waals surface area contributed by atoms with Crippen LogP contribution in [0.15, 0.2) is 46.9 Å². The van der Waals surface area contributed by atoms with Crippen molar-refractivity contribution in [3.8, 4) is 0 Å². The standard InChI is InChI=1S/C25H31BrN6O5/c1-25(2,27)23(33)28-20(16-36-14-17-6-3-4-8-19(17)26)22-30-29-21-9-5-7-18(32(21)22)15-37-24(34)31-10-12-35-13-11-31/h3-9,20H,10-16,27H2,1-2H3,(H,28,33)/t20-/m1/s1. The van der Waals surface area contributed by atoms with Gasteiger partial charge in [0, 0.05) is 17.6 Å². The van der Waals surface area contributed by atoms with Crippen molar-refractivity contribution < 1.29 is 23.8 Å². The van der Waals surface area contributed by atoms with Gasteiger partial charge in [-0.25, -0.2) is 4.79 Å². The average Bonchev–Trinajstić information content (AvgIpc) is 3.32. The molecule has 4 rings (SSSR count). The van der Waals surface area contributed by atoms with Crippen LogP contribution in [0.2, 0.25) is 0 Å². The van der Waals surface area contributed by atoms with Gasteiger partial charge in [0.1, 0.15) is 12.6 Å². The van der Waals surface area contributed by atoms with Crippen LogP contribution in [0, 0.1) is 0 Å². The summed E-state index contributed by atoms with van der Waals surface area (Å²) in [6, 6.07) is 12.5. The first-order chi connectivity index (χ1) is 17.7. The second kappa shape index (κ2) is 12.0. The molecule has 0 radical (unpaired) electrons. The third kappa shape index (κ3) is 6.83. The van der Waals surface area contributed by atoms with E-state index in [9.17, 15) is 9.59 Å².